The number of carbonyl (C=O) groups excluding carboxylic acids is 4. The largest absolute Gasteiger partial charge is 0.490 e. The molecule has 0 spiro atoms. The molecule has 0 bridgehead atoms. The fraction of sp³-hybridized carbons (Fsp3) is 0.273. The molecule has 0 saturated carbocycles. The third kappa shape index (κ3) is 4.92. The van der Waals surface area contributed by atoms with Gasteiger partial charge >= 0.3 is 6.61 Å². The molecule has 1 heterocycles. The lowest BCUT2D eigenvalue weighted by Crippen LogP contribution is -2.36. The van der Waals surface area contributed by atoms with Crippen molar-refractivity contribution < 1.29 is 37.4 Å². The SMILES string of the molecule is CCOc1cc([C@H](CC(N)=O)N2C(=O)c3cccc(NC(C)=O)c3C2=O)ccc1OC(F)F. The van der Waals surface area contributed by atoms with Crippen molar-refractivity contribution in [3.63, 3.8) is 0 Å². The van der Waals surface area contributed by atoms with Crippen molar-refractivity contribution in [2.45, 2.75) is 32.9 Å². The van der Waals surface area contributed by atoms with Crippen LogP contribution in [0, 0.1) is 0 Å². The van der Waals surface area contributed by atoms with Crippen molar-refractivity contribution in [1.82, 2.24) is 4.90 Å². The second kappa shape index (κ2) is 9.63. The lowest BCUT2D eigenvalue weighted by atomic mass is 10.0. The molecular formula is C22H21F2N3O6. The zero-order valence-corrected chi connectivity index (χ0v) is 17.8. The number of nitrogens with zero attached hydrogens (tertiary/aromatic N) is 1. The standard InChI is InChI=1S/C22H21F2N3O6/c1-3-32-17-9-12(7-8-16(17)33-22(23)24)15(10-18(25)29)27-20(30)13-5-4-6-14(26-11(2)28)19(13)21(27)31/h4-9,15,22H,3,10H2,1-2H3,(H2,25,29)(H,26,28)/t15-/m0/s1. The van der Waals surface area contributed by atoms with Gasteiger partial charge in [-0.25, -0.2) is 0 Å². The number of primary amides is 1. The van der Waals surface area contributed by atoms with Crippen LogP contribution < -0.4 is 20.5 Å². The van der Waals surface area contributed by atoms with Crippen LogP contribution >= 0.6 is 0 Å². The minimum absolute atomic E-state index is 0.0187. The second-order valence-electron chi connectivity index (χ2n) is 7.09. The molecule has 3 rings (SSSR count). The number of imide groups is 1. The molecule has 174 valence electrons. The summed E-state index contributed by atoms with van der Waals surface area (Å²) in [6.45, 7) is -0.0867. The molecule has 0 aromatic heterocycles. The van der Waals surface area contributed by atoms with E-state index in [1.54, 1.807) is 6.92 Å². The molecule has 0 unspecified atom stereocenters. The average Bonchev–Trinajstić information content (AvgIpc) is 2.98. The fourth-order valence-electron chi connectivity index (χ4n) is 3.62. The van der Waals surface area contributed by atoms with Crippen LogP contribution in [0.5, 0.6) is 11.5 Å². The minimum atomic E-state index is -3.10. The molecule has 2 aromatic carbocycles. The molecule has 9 nitrogen and oxygen atoms in total. The first-order valence-electron chi connectivity index (χ1n) is 9.92. The predicted octanol–water partition coefficient (Wildman–Crippen LogP) is 2.86. The third-order valence-electron chi connectivity index (χ3n) is 4.83. The van der Waals surface area contributed by atoms with Gasteiger partial charge in [0.25, 0.3) is 11.8 Å². The number of nitrogens with one attached hydrogen (secondary N) is 1. The highest BCUT2D eigenvalue weighted by molar-refractivity contribution is 6.24. The molecular weight excluding hydrogens is 440 g/mol. The van der Waals surface area contributed by atoms with Gasteiger partial charge in [-0.3, -0.25) is 24.1 Å². The summed E-state index contributed by atoms with van der Waals surface area (Å²) in [7, 11) is 0. The van der Waals surface area contributed by atoms with Crippen LogP contribution in [0.1, 0.15) is 52.6 Å². The summed E-state index contributed by atoms with van der Waals surface area (Å²) in [6.07, 6.45) is -0.429. The Morgan fingerprint density at radius 1 is 1.12 bits per heavy atom. The predicted molar refractivity (Wildman–Crippen MR) is 112 cm³/mol. The topological polar surface area (TPSA) is 128 Å². The van der Waals surface area contributed by atoms with E-state index in [0.717, 1.165) is 4.90 Å². The highest BCUT2D eigenvalue weighted by atomic mass is 19.3. The average molecular weight is 461 g/mol. The molecule has 4 amide bonds. The van der Waals surface area contributed by atoms with E-state index >= 15 is 0 Å². The van der Waals surface area contributed by atoms with Gasteiger partial charge in [-0.1, -0.05) is 12.1 Å². The lowest BCUT2D eigenvalue weighted by molar-refractivity contribution is -0.119. The zero-order chi connectivity index (χ0) is 24.3. The smallest absolute Gasteiger partial charge is 0.387 e. The maximum atomic E-state index is 13.3. The Morgan fingerprint density at radius 2 is 1.85 bits per heavy atom. The van der Waals surface area contributed by atoms with Crippen LogP contribution in [0.15, 0.2) is 36.4 Å². The highest BCUT2D eigenvalue weighted by Gasteiger charge is 2.43. The van der Waals surface area contributed by atoms with Gasteiger partial charge in [0.1, 0.15) is 0 Å². The molecule has 3 N–H and O–H groups in total. The number of rotatable bonds is 9. The number of fused-ring (bicyclic) bond motifs is 1. The van der Waals surface area contributed by atoms with Crippen molar-refractivity contribution >= 4 is 29.3 Å². The number of hydrogen-bond acceptors (Lipinski definition) is 6. The van der Waals surface area contributed by atoms with Crippen molar-refractivity contribution in [3.05, 3.63) is 53.1 Å². The normalized spacial score (nSPS) is 13.7. The van der Waals surface area contributed by atoms with E-state index in [2.05, 4.69) is 10.1 Å². The summed E-state index contributed by atoms with van der Waals surface area (Å²) >= 11 is 0. The summed E-state index contributed by atoms with van der Waals surface area (Å²) < 4.78 is 35.3. The van der Waals surface area contributed by atoms with Crippen molar-refractivity contribution in [2.75, 3.05) is 11.9 Å². The summed E-state index contributed by atoms with van der Waals surface area (Å²) in [5, 5.41) is 2.51. The number of amides is 4. The van der Waals surface area contributed by atoms with Gasteiger partial charge in [-0.2, -0.15) is 8.78 Å². The molecule has 0 saturated heterocycles. The van der Waals surface area contributed by atoms with E-state index in [1.807, 2.05) is 0 Å². The number of ether oxygens (including phenoxy) is 2. The maximum absolute atomic E-state index is 13.3. The molecule has 2 aromatic rings. The van der Waals surface area contributed by atoms with Crippen LogP contribution in [-0.4, -0.2) is 41.7 Å². The fourth-order valence-corrected chi connectivity index (χ4v) is 3.62. The molecule has 0 aliphatic carbocycles. The van der Waals surface area contributed by atoms with Gasteiger partial charge in [-0.15, -0.1) is 0 Å². The first kappa shape index (κ1) is 23.6. The molecule has 1 aliphatic rings. The van der Waals surface area contributed by atoms with Crippen LogP contribution in [0.4, 0.5) is 14.5 Å². The van der Waals surface area contributed by atoms with Crippen LogP contribution in [0.2, 0.25) is 0 Å². The first-order chi connectivity index (χ1) is 15.6. The number of anilines is 1. The summed E-state index contributed by atoms with van der Waals surface area (Å²) in [5.41, 5.74) is 5.80. The Hall–Kier alpha value is -4.02. The van der Waals surface area contributed by atoms with Crippen molar-refractivity contribution in [3.8, 4) is 11.5 Å². The first-order valence-corrected chi connectivity index (χ1v) is 9.92. The van der Waals surface area contributed by atoms with E-state index in [4.69, 9.17) is 10.5 Å². The maximum Gasteiger partial charge on any atom is 0.387 e. The quantitative estimate of drug-likeness (QED) is 0.553. The van der Waals surface area contributed by atoms with E-state index in [-0.39, 0.29) is 40.5 Å². The van der Waals surface area contributed by atoms with Crippen molar-refractivity contribution in [2.24, 2.45) is 5.73 Å². The highest BCUT2D eigenvalue weighted by Crippen LogP contribution is 2.39. The number of halogens is 2. The van der Waals surface area contributed by atoms with Gasteiger partial charge < -0.3 is 20.5 Å². The Bertz CT molecular complexity index is 1120. The number of carbonyl (C=O) groups is 4. The van der Waals surface area contributed by atoms with Crippen LogP contribution in [0.25, 0.3) is 0 Å². The van der Waals surface area contributed by atoms with Gasteiger partial charge in [0.05, 0.1) is 35.9 Å². The summed E-state index contributed by atoms with van der Waals surface area (Å²) in [5.74, 6) is -2.98. The second-order valence-corrected chi connectivity index (χ2v) is 7.09. The van der Waals surface area contributed by atoms with E-state index in [0.29, 0.717) is 0 Å². The molecule has 1 aliphatic heterocycles. The third-order valence-corrected chi connectivity index (χ3v) is 4.83. The molecule has 0 fully saturated rings. The number of alkyl halides is 2. The lowest BCUT2D eigenvalue weighted by Gasteiger charge is -2.26. The number of hydrogen-bond donors (Lipinski definition) is 2. The molecule has 0 radical (unpaired) electrons. The van der Waals surface area contributed by atoms with E-state index < -0.39 is 42.7 Å². The van der Waals surface area contributed by atoms with Gasteiger partial charge in [0, 0.05) is 6.92 Å². The molecule has 33 heavy (non-hydrogen) atoms. The summed E-state index contributed by atoms with van der Waals surface area (Å²) in [6, 6.07) is 7.10. The zero-order valence-electron chi connectivity index (χ0n) is 17.8. The Kier molecular flexibility index (Phi) is 6.90. The Labute approximate surface area is 187 Å². The summed E-state index contributed by atoms with van der Waals surface area (Å²) in [4.78, 5) is 50.6. The minimum Gasteiger partial charge on any atom is -0.490 e. The Morgan fingerprint density at radius 3 is 2.45 bits per heavy atom. The van der Waals surface area contributed by atoms with Crippen LogP contribution in [0.3, 0.4) is 0 Å². The molecule has 1 atom stereocenters. The van der Waals surface area contributed by atoms with Gasteiger partial charge in [0.15, 0.2) is 11.5 Å². The van der Waals surface area contributed by atoms with E-state index in [1.165, 1.54) is 43.3 Å². The molecule has 11 heteroatoms. The van der Waals surface area contributed by atoms with E-state index in [9.17, 15) is 28.0 Å². The monoisotopic (exact) mass is 461 g/mol. The van der Waals surface area contributed by atoms with Crippen molar-refractivity contribution in [1.29, 1.82) is 0 Å². The van der Waals surface area contributed by atoms with Gasteiger partial charge in [-0.05, 0) is 36.8 Å². The number of nitrogens with two attached hydrogens (primary N) is 1. The number of benzene rings is 2. The van der Waals surface area contributed by atoms with Crippen LogP contribution in [-0.2, 0) is 9.59 Å². The Balaban J connectivity index is 2.08. The van der Waals surface area contributed by atoms with Gasteiger partial charge in [0.2, 0.25) is 11.8 Å².